The number of methoxy groups -OCH3 is 1. The number of carbonyl (C=O) groups excluding carboxylic acids is 1. The molecule has 0 heterocycles. The lowest BCUT2D eigenvalue weighted by atomic mass is 10.3. The molecule has 0 amide bonds. The van der Waals surface area contributed by atoms with Crippen LogP contribution in [-0.2, 0) is 14.9 Å². The van der Waals surface area contributed by atoms with Gasteiger partial charge < -0.3 is 9.47 Å². The Labute approximate surface area is 86.2 Å². The normalized spacial score (nSPS) is 10.8. The minimum Gasteiger partial charge on any atom is -0.437 e. The third-order valence-corrected chi connectivity index (χ3v) is 2.36. The summed E-state index contributed by atoms with van der Waals surface area (Å²) in [7, 11) is -3.08. The van der Waals surface area contributed by atoms with Gasteiger partial charge in [-0.3, -0.25) is 4.55 Å². The van der Waals surface area contributed by atoms with Crippen LogP contribution in [0.4, 0.5) is 4.79 Å². The Hall–Kier alpha value is -1.60. The van der Waals surface area contributed by atoms with Crippen molar-refractivity contribution in [1.82, 2.24) is 0 Å². The van der Waals surface area contributed by atoms with Gasteiger partial charge >= 0.3 is 6.16 Å². The third kappa shape index (κ3) is 3.22. The highest BCUT2D eigenvalue weighted by Crippen LogP contribution is 2.15. The predicted octanol–water partition coefficient (Wildman–Crippen LogP) is 1.08. The second kappa shape index (κ2) is 4.28. The first-order valence-corrected chi connectivity index (χ1v) is 5.21. The van der Waals surface area contributed by atoms with Gasteiger partial charge in [-0.15, -0.1) is 0 Å². The molecule has 7 heteroatoms. The standard InChI is InChI=1S/C8H8O6S/c1-13-8(9)14-6-2-4-7(5-3-6)15(10,11)12/h2-5H,1H3,(H,10,11,12). The molecule has 0 unspecified atom stereocenters. The number of hydrogen-bond acceptors (Lipinski definition) is 5. The van der Waals surface area contributed by atoms with Gasteiger partial charge in [-0.2, -0.15) is 8.42 Å². The lowest BCUT2D eigenvalue weighted by Crippen LogP contribution is -2.07. The predicted molar refractivity (Wildman–Crippen MR) is 49.3 cm³/mol. The van der Waals surface area contributed by atoms with E-state index in [-0.39, 0.29) is 10.6 Å². The van der Waals surface area contributed by atoms with Crippen LogP contribution in [0.1, 0.15) is 0 Å². The molecule has 0 aromatic heterocycles. The number of carbonyl (C=O) groups is 1. The fourth-order valence-corrected chi connectivity index (χ4v) is 1.30. The van der Waals surface area contributed by atoms with E-state index in [0.29, 0.717) is 0 Å². The highest BCUT2D eigenvalue weighted by atomic mass is 32.2. The van der Waals surface area contributed by atoms with Crippen molar-refractivity contribution in [3.8, 4) is 5.75 Å². The van der Waals surface area contributed by atoms with Crippen LogP contribution in [0.15, 0.2) is 29.2 Å². The molecule has 0 saturated heterocycles. The Morgan fingerprint density at radius 1 is 1.27 bits per heavy atom. The van der Waals surface area contributed by atoms with Gasteiger partial charge in [0.1, 0.15) is 5.75 Å². The largest absolute Gasteiger partial charge is 0.513 e. The molecule has 0 fully saturated rings. The molecule has 0 aliphatic heterocycles. The smallest absolute Gasteiger partial charge is 0.437 e. The number of rotatable bonds is 2. The molecular formula is C8H8O6S. The molecule has 0 bridgehead atoms. The van der Waals surface area contributed by atoms with Crippen molar-refractivity contribution in [3.05, 3.63) is 24.3 Å². The first-order valence-electron chi connectivity index (χ1n) is 3.77. The lowest BCUT2D eigenvalue weighted by Gasteiger charge is -2.02. The van der Waals surface area contributed by atoms with E-state index in [4.69, 9.17) is 4.55 Å². The monoisotopic (exact) mass is 232 g/mol. The summed E-state index contributed by atoms with van der Waals surface area (Å²) in [6.45, 7) is 0. The highest BCUT2D eigenvalue weighted by molar-refractivity contribution is 7.85. The van der Waals surface area contributed by atoms with E-state index in [2.05, 4.69) is 9.47 Å². The maximum absolute atomic E-state index is 10.7. The van der Waals surface area contributed by atoms with Gasteiger partial charge in [0.15, 0.2) is 0 Å². The fourth-order valence-electron chi connectivity index (χ4n) is 0.818. The number of benzene rings is 1. The summed E-state index contributed by atoms with van der Waals surface area (Å²) in [5.41, 5.74) is 0. The average Bonchev–Trinajstić information content (AvgIpc) is 2.17. The van der Waals surface area contributed by atoms with Crippen LogP contribution >= 0.6 is 0 Å². The Kier molecular flexibility index (Phi) is 3.28. The van der Waals surface area contributed by atoms with Crippen LogP contribution in [0.2, 0.25) is 0 Å². The van der Waals surface area contributed by atoms with E-state index >= 15 is 0 Å². The third-order valence-electron chi connectivity index (χ3n) is 1.49. The maximum Gasteiger partial charge on any atom is 0.513 e. The van der Waals surface area contributed by atoms with E-state index in [1.165, 1.54) is 12.1 Å². The Bertz CT molecular complexity index is 447. The van der Waals surface area contributed by atoms with Crippen molar-refractivity contribution in [2.75, 3.05) is 7.11 Å². The first-order chi connectivity index (χ1) is 6.93. The molecule has 0 aliphatic rings. The first kappa shape index (κ1) is 11.5. The highest BCUT2D eigenvalue weighted by Gasteiger charge is 2.10. The summed E-state index contributed by atoms with van der Waals surface area (Å²) in [6, 6.07) is 4.65. The zero-order chi connectivity index (χ0) is 11.5. The molecule has 0 saturated carbocycles. The molecule has 1 aromatic rings. The number of ether oxygens (including phenoxy) is 2. The van der Waals surface area contributed by atoms with Crippen LogP contribution in [0, 0.1) is 0 Å². The average molecular weight is 232 g/mol. The molecule has 0 atom stereocenters. The second-order valence-electron chi connectivity index (χ2n) is 2.50. The van der Waals surface area contributed by atoms with Crippen LogP contribution in [0.25, 0.3) is 0 Å². The van der Waals surface area contributed by atoms with E-state index in [1.807, 2.05) is 0 Å². The zero-order valence-electron chi connectivity index (χ0n) is 7.71. The van der Waals surface area contributed by atoms with Crippen molar-refractivity contribution in [3.63, 3.8) is 0 Å². The van der Waals surface area contributed by atoms with Crippen molar-refractivity contribution < 1.29 is 27.2 Å². The van der Waals surface area contributed by atoms with E-state index in [0.717, 1.165) is 19.2 Å². The zero-order valence-corrected chi connectivity index (χ0v) is 8.52. The Morgan fingerprint density at radius 2 is 1.80 bits per heavy atom. The summed E-state index contributed by atoms with van der Waals surface area (Å²) in [6.07, 6.45) is -0.908. The summed E-state index contributed by atoms with van der Waals surface area (Å²) in [5.74, 6) is 0.120. The van der Waals surface area contributed by atoms with Crippen molar-refractivity contribution in [1.29, 1.82) is 0 Å². The van der Waals surface area contributed by atoms with E-state index in [1.54, 1.807) is 0 Å². The minimum absolute atomic E-state index is 0.120. The minimum atomic E-state index is -4.23. The summed E-state index contributed by atoms with van der Waals surface area (Å²) in [4.78, 5) is 10.4. The maximum atomic E-state index is 10.7. The molecule has 15 heavy (non-hydrogen) atoms. The van der Waals surface area contributed by atoms with Gasteiger partial charge in [-0.05, 0) is 24.3 Å². The SMILES string of the molecule is COC(=O)Oc1ccc(S(=O)(=O)O)cc1. The molecule has 0 spiro atoms. The molecule has 1 N–H and O–H groups in total. The van der Waals surface area contributed by atoms with Gasteiger partial charge in [0.2, 0.25) is 0 Å². The molecule has 82 valence electrons. The van der Waals surface area contributed by atoms with Crippen LogP contribution in [-0.4, -0.2) is 26.2 Å². The topological polar surface area (TPSA) is 89.9 Å². The van der Waals surface area contributed by atoms with Crippen molar-refractivity contribution in [2.24, 2.45) is 0 Å². The van der Waals surface area contributed by atoms with Gasteiger partial charge in [0.25, 0.3) is 10.1 Å². The molecule has 1 aromatic carbocycles. The van der Waals surface area contributed by atoms with Crippen LogP contribution in [0.5, 0.6) is 5.75 Å². The molecular weight excluding hydrogens is 224 g/mol. The number of hydrogen-bond donors (Lipinski definition) is 1. The van der Waals surface area contributed by atoms with Crippen molar-refractivity contribution in [2.45, 2.75) is 4.90 Å². The quantitative estimate of drug-likeness (QED) is 0.466. The summed E-state index contributed by atoms with van der Waals surface area (Å²) >= 11 is 0. The Balaban J connectivity index is 2.86. The summed E-state index contributed by atoms with van der Waals surface area (Å²) < 4.78 is 38.8. The molecule has 0 radical (unpaired) electrons. The van der Waals surface area contributed by atoms with E-state index in [9.17, 15) is 13.2 Å². The molecule has 1 rings (SSSR count). The summed E-state index contributed by atoms with van der Waals surface area (Å²) in [5, 5.41) is 0. The van der Waals surface area contributed by atoms with Gasteiger partial charge in [-0.1, -0.05) is 0 Å². The fraction of sp³-hybridized carbons (Fsp3) is 0.125. The van der Waals surface area contributed by atoms with Crippen LogP contribution < -0.4 is 4.74 Å². The lowest BCUT2D eigenvalue weighted by molar-refractivity contribution is 0.121. The second-order valence-corrected chi connectivity index (χ2v) is 3.92. The van der Waals surface area contributed by atoms with Gasteiger partial charge in [0, 0.05) is 0 Å². The van der Waals surface area contributed by atoms with Crippen LogP contribution in [0.3, 0.4) is 0 Å². The van der Waals surface area contributed by atoms with Gasteiger partial charge in [0.05, 0.1) is 12.0 Å². The molecule has 6 nitrogen and oxygen atoms in total. The van der Waals surface area contributed by atoms with E-state index < -0.39 is 16.3 Å². The molecule has 0 aliphatic carbocycles. The Morgan fingerprint density at radius 3 is 2.20 bits per heavy atom. The van der Waals surface area contributed by atoms with Gasteiger partial charge in [-0.25, -0.2) is 4.79 Å². The van der Waals surface area contributed by atoms with Crippen molar-refractivity contribution >= 4 is 16.3 Å².